The van der Waals surface area contributed by atoms with E-state index in [9.17, 15) is 4.79 Å². The van der Waals surface area contributed by atoms with Crippen LogP contribution in [-0.4, -0.2) is 10.5 Å². The number of amides is 1. The molecular formula is C19H17ClN2O. The van der Waals surface area contributed by atoms with Gasteiger partial charge in [0.2, 0.25) is 0 Å². The lowest BCUT2D eigenvalue weighted by atomic mass is 10.0. The minimum absolute atomic E-state index is 0.107. The molecular weight excluding hydrogens is 308 g/mol. The van der Waals surface area contributed by atoms with Crippen molar-refractivity contribution in [2.45, 2.75) is 6.92 Å². The van der Waals surface area contributed by atoms with Gasteiger partial charge in [-0.15, -0.1) is 0 Å². The number of rotatable bonds is 3. The van der Waals surface area contributed by atoms with E-state index < -0.39 is 0 Å². The number of carbonyl (C=O) groups excluding carboxylic acids is 1. The second-order valence-corrected chi connectivity index (χ2v) is 5.96. The number of carbonyl (C=O) groups is 1. The summed E-state index contributed by atoms with van der Waals surface area (Å²) in [6, 6.07) is 15.3. The van der Waals surface area contributed by atoms with Crippen LogP contribution in [0.4, 0.5) is 5.69 Å². The average molecular weight is 325 g/mol. The molecule has 3 aromatic rings. The maximum Gasteiger partial charge on any atom is 0.257 e. The number of nitrogens with zero attached hydrogens (tertiary/aromatic N) is 1. The predicted molar refractivity (Wildman–Crippen MR) is 95.0 cm³/mol. The summed E-state index contributed by atoms with van der Waals surface area (Å²) in [5, 5.41) is 3.70. The number of anilines is 1. The minimum atomic E-state index is -0.107. The fourth-order valence-electron chi connectivity index (χ4n) is 2.62. The van der Waals surface area contributed by atoms with Gasteiger partial charge >= 0.3 is 0 Å². The van der Waals surface area contributed by atoms with Crippen LogP contribution in [-0.2, 0) is 7.05 Å². The van der Waals surface area contributed by atoms with Gasteiger partial charge in [-0.3, -0.25) is 4.79 Å². The predicted octanol–water partition coefficient (Wildman–Crippen LogP) is 4.91. The Kier molecular flexibility index (Phi) is 4.22. The number of aryl methyl sites for hydroxylation is 2. The zero-order valence-electron chi connectivity index (χ0n) is 13.0. The van der Waals surface area contributed by atoms with E-state index in [0.717, 1.165) is 22.4 Å². The lowest BCUT2D eigenvalue weighted by Crippen LogP contribution is -2.13. The monoisotopic (exact) mass is 324 g/mol. The van der Waals surface area contributed by atoms with E-state index in [0.29, 0.717) is 10.6 Å². The Balaban J connectivity index is 1.93. The second kappa shape index (κ2) is 6.31. The molecule has 0 aliphatic heterocycles. The zero-order chi connectivity index (χ0) is 16.4. The van der Waals surface area contributed by atoms with Crippen LogP contribution in [0, 0.1) is 6.92 Å². The lowest BCUT2D eigenvalue weighted by Gasteiger charge is -2.11. The summed E-state index contributed by atoms with van der Waals surface area (Å²) in [7, 11) is 1.91. The Morgan fingerprint density at radius 3 is 2.39 bits per heavy atom. The van der Waals surface area contributed by atoms with E-state index in [1.165, 1.54) is 0 Å². The van der Waals surface area contributed by atoms with Gasteiger partial charge in [0, 0.05) is 35.7 Å². The van der Waals surface area contributed by atoms with Gasteiger partial charge in [0.05, 0.1) is 5.56 Å². The number of halogens is 1. The Hall–Kier alpha value is -2.52. The molecule has 0 fully saturated rings. The van der Waals surface area contributed by atoms with Crippen molar-refractivity contribution in [2.75, 3.05) is 5.32 Å². The summed E-state index contributed by atoms with van der Waals surface area (Å²) in [6.45, 7) is 1.93. The number of nitrogens with one attached hydrogen (secondary N) is 1. The Bertz CT molecular complexity index is 850. The number of hydrogen-bond acceptors (Lipinski definition) is 1. The van der Waals surface area contributed by atoms with Crippen molar-refractivity contribution in [1.82, 2.24) is 4.57 Å². The molecule has 3 nitrogen and oxygen atoms in total. The highest BCUT2D eigenvalue weighted by Gasteiger charge is 2.13. The highest BCUT2D eigenvalue weighted by Crippen LogP contribution is 2.29. The third-order valence-corrected chi connectivity index (χ3v) is 3.98. The maximum atomic E-state index is 12.5. The van der Waals surface area contributed by atoms with E-state index in [4.69, 9.17) is 11.6 Å². The summed E-state index contributed by atoms with van der Waals surface area (Å²) in [4.78, 5) is 12.5. The first-order valence-corrected chi connectivity index (χ1v) is 7.71. The maximum absolute atomic E-state index is 12.5. The summed E-state index contributed by atoms with van der Waals surface area (Å²) >= 11 is 5.95. The van der Waals surface area contributed by atoms with Gasteiger partial charge in [-0.25, -0.2) is 0 Å². The van der Waals surface area contributed by atoms with Crippen LogP contribution in [0.1, 0.15) is 15.9 Å². The molecule has 4 heteroatoms. The largest absolute Gasteiger partial charge is 0.356 e. The van der Waals surface area contributed by atoms with Gasteiger partial charge in [-0.1, -0.05) is 41.9 Å². The third-order valence-electron chi connectivity index (χ3n) is 3.73. The molecule has 0 bridgehead atoms. The smallest absolute Gasteiger partial charge is 0.257 e. The first kappa shape index (κ1) is 15.4. The topological polar surface area (TPSA) is 34.0 Å². The van der Waals surface area contributed by atoms with Gasteiger partial charge < -0.3 is 9.88 Å². The summed E-state index contributed by atoms with van der Waals surface area (Å²) in [6.07, 6.45) is 3.76. The van der Waals surface area contributed by atoms with Crippen LogP contribution in [0.5, 0.6) is 0 Å². The van der Waals surface area contributed by atoms with Gasteiger partial charge in [0.25, 0.3) is 5.91 Å². The number of aromatic nitrogens is 1. The number of para-hydroxylation sites is 1. The standard InChI is InChI=1S/C19H17ClN2O/c1-13-11-22(2)12-17(13)19(23)21-18-6-4-3-5-16(18)14-7-9-15(20)10-8-14/h3-12H,1-2H3,(H,21,23). The van der Waals surface area contributed by atoms with Crippen molar-refractivity contribution in [3.63, 3.8) is 0 Å². The molecule has 0 unspecified atom stereocenters. The van der Waals surface area contributed by atoms with Crippen molar-refractivity contribution < 1.29 is 4.79 Å². The van der Waals surface area contributed by atoms with Crippen molar-refractivity contribution in [2.24, 2.45) is 7.05 Å². The minimum Gasteiger partial charge on any atom is -0.356 e. The van der Waals surface area contributed by atoms with Gasteiger partial charge in [0.1, 0.15) is 0 Å². The number of hydrogen-bond donors (Lipinski definition) is 1. The van der Waals surface area contributed by atoms with E-state index in [1.54, 1.807) is 0 Å². The van der Waals surface area contributed by atoms with Crippen LogP contribution < -0.4 is 5.32 Å². The normalized spacial score (nSPS) is 10.6. The van der Waals surface area contributed by atoms with E-state index >= 15 is 0 Å². The molecule has 0 aliphatic rings. The fraction of sp³-hybridized carbons (Fsp3) is 0.105. The van der Waals surface area contributed by atoms with Crippen LogP contribution in [0.3, 0.4) is 0 Å². The molecule has 0 atom stereocenters. The Morgan fingerprint density at radius 1 is 1.04 bits per heavy atom. The molecule has 3 rings (SSSR count). The highest BCUT2D eigenvalue weighted by molar-refractivity contribution is 6.30. The van der Waals surface area contributed by atoms with Crippen LogP contribution in [0.15, 0.2) is 60.9 Å². The lowest BCUT2D eigenvalue weighted by molar-refractivity contribution is 0.102. The molecule has 116 valence electrons. The molecule has 0 saturated heterocycles. The second-order valence-electron chi connectivity index (χ2n) is 5.53. The molecule has 0 spiro atoms. The SMILES string of the molecule is Cc1cn(C)cc1C(=O)Nc1ccccc1-c1ccc(Cl)cc1. The van der Waals surface area contributed by atoms with Gasteiger partial charge in [0.15, 0.2) is 0 Å². The van der Waals surface area contributed by atoms with Crippen molar-refractivity contribution in [3.05, 3.63) is 77.1 Å². The average Bonchev–Trinajstić information content (AvgIpc) is 2.87. The van der Waals surface area contributed by atoms with E-state index in [1.807, 2.05) is 79.5 Å². The summed E-state index contributed by atoms with van der Waals surface area (Å²) < 4.78 is 1.88. The molecule has 1 heterocycles. The Morgan fingerprint density at radius 2 is 1.74 bits per heavy atom. The molecule has 0 aliphatic carbocycles. The molecule has 1 N–H and O–H groups in total. The van der Waals surface area contributed by atoms with Gasteiger partial charge in [-0.2, -0.15) is 0 Å². The van der Waals surface area contributed by atoms with Crippen LogP contribution in [0.25, 0.3) is 11.1 Å². The molecule has 1 amide bonds. The first-order chi connectivity index (χ1) is 11.0. The molecule has 2 aromatic carbocycles. The Labute approximate surface area is 140 Å². The molecule has 0 radical (unpaired) electrons. The quantitative estimate of drug-likeness (QED) is 0.730. The first-order valence-electron chi connectivity index (χ1n) is 7.33. The van der Waals surface area contributed by atoms with Gasteiger partial charge in [-0.05, 0) is 36.2 Å². The molecule has 0 saturated carbocycles. The number of benzene rings is 2. The zero-order valence-corrected chi connectivity index (χ0v) is 13.8. The van der Waals surface area contributed by atoms with Crippen LogP contribution in [0.2, 0.25) is 5.02 Å². The van der Waals surface area contributed by atoms with Crippen molar-refractivity contribution >= 4 is 23.2 Å². The third kappa shape index (κ3) is 3.30. The van der Waals surface area contributed by atoms with Crippen LogP contribution >= 0.6 is 11.6 Å². The molecule has 23 heavy (non-hydrogen) atoms. The summed E-state index contributed by atoms with van der Waals surface area (Å²) in [5.41, 5.74) is 4.39. The van der Waals surface area contributed by atoms with Crippen molar-refractivity contribution in [3.8, 4) is 11.1 Å². The van der Waals surface area contributed by atoms with Crippen molar-refractivity contribution in [1.29, 1.82) is 0 Å². The van der Waals surface area contributed by atoms with E-state index in [2.05, 4.69) is 5.32 Å². The van der Waals surface area contributed by atoms with E-state index in [-0.39, 0.29) is 5.91 Å². The summed E-state index contributed by atoms with van der Waals surface area (Å²) in [5.74, 6) is -0.107. The highest BCUT2D eigenvalue weighted by atomic mass is 35.5. The molecule has 1 aromatic heterocycles. The fourth-order valence-corrected chi connectivity index (χ4v) is 2.74.